The van der Waals surface area contributed by atoms with E-state index in [1.54, 1.807) is 6.07 Å². The molecule has 4 heterocycles. The summed E-state index contributed by atoms with van der Waals surface area (Å²) >= 11 is 0. The Morgan fingerprint density at radius 3 is 1.22 bits per heavy atom. The molecular weight excluding hydrogens is 838 g/mol. The number of alkyl halides is 3. The Hall–Kier alpha value is -7.25. The van der Waals surface area contributed by atoms with Gasteiger partial charge in [-0.25, -0.2) is 0 Å². The second kappa shape index (κ2) is 13.9. The Kier molecular flexibility index (Phi) is 8.08. The van der Waals surface area contributed by atoms with Gasteiger partial charge < -0.3 is 18.6 Å². The van der Waals surface area contributed by atoms with Crippen LogP contribution < -0.4 is 9.80 Å². The fraction of sp³-hybridized carbons (Fsp3) is 0.200. The highest BCUT2D eigenvalue weighted by Gasteiger charge is 2.47. The largest absolute Gasteiger partial charge is 0.455 e. The first kappa shape index (κ1) is 39.0. The zero-order chi connectivity index (χ0) is 44.8. The molecule has 2 aliphatic heterocycles. The molecule has 0 amide bonds. The molecule has 4 aliphatic rings. The summed E-state index contributed by atoms with van der Waals surface area (Å²) in [7, 11) is 0. The van der Waals surface area contributed by atoms with Gasteiger partial charge in [0.15, 0.2) is 0 Å². The van der Waals surface area contributed by atoms with Crippen molar-refractivity contribution in [3.05, 3.63) is 191 Å². The number of benzene rings is 8. The van der Waals surface area contributed by atoms with Crippen LogP contribution in [0.4, 0.5) is 47.3 Å². The minimum atomic E-state index is -4.66. The van der Waals surface area contributed by atoms with Crippen LogP contribution in [0.5, 0.6) is 0 Å². The molecule has 0 saturated heterocycles. The van der Waals surface area contributed by atoms with Crippen LogP contribution in [-0.2, 0) is 17.0 Å². The molecule has 67 heavy (non-hydrogen) atoms. The average molecular weight is 883 g/mol. The molecule has 0 radical (unpaired) electrons. The molecular formula is C60H45F3N2O2. The van der Waals surface area contributed by atoms with Crippen molar-refractivity contribution < 1.29 is 22.0 Å². The zero-order valence-corrected chi connectivity index (χ0v) is 37.0. The Morgan fingerprint density at radius 2 is 0.791 bits per heavy atom. The third-order valence-electron chi connectivity index (χ3n) is 16.1. The molecule has 0 unspecified atom stereocenters. The standard InChI is InChI=1S/C60H45F3N2O2/c1-36-28-30-50(64-46-24-6-2-20-41(46)58(32-10-11-33-58)42-21-3-7-25-47(42)64)52-39-18-14-16-37(55(39)66-54(36)52)38-17-15-19-40-53-51(31-29-45(60(61,62)63)57(53)67-56(38)40)65-48-26-8-4-22-43(48)59(34-12-13-35-59)44-23-5-9-27-49(44)65/h2-9,14-31H,10-13,32-35H2,1H3. The van der Waals surface area contributed by atoms with Crippen LogP contribution in [0.15, 0.2) is 167 Å². The van der Waals surface area contributed by atoms with Gasteiger partial charge in [0.05, 0.1) is 50.5 Å². The van der Waals surface area contributed by atoms with E-state index in [9.17, 15) is 0 Å². The van der Waals surface area contributed by atoms with Crippen molar-refractivity contribution in [1.82, 2.24) is 0 Å². The summed E-state index contributed by atoms with van der Waals surface area (Å²) in [4.78, 5) is 4.59. The lowest BCUT2D eigenvalue weighted by Crippen LogP contribution is -2.33. The molecule has 8 aromatic carbocycles. The Bertz CT molecular complexity index is 3600. The first-order valence-corrected chi connectivity index (χ1v) is 23.8. The summed E-state index contributed by atoms with van der Waals surface area (Å²) in [6.07, 6.45) is 4.29. The Balaban J connectivity index is 1.01. The van der Waals surface area contributed by atoms with Gasteiger partial charge in [-0.15, -0.1) is 0 Å². The predicted molar refractivity (Wildman–Crippen MR) is 264 cm³/mol. The monoisotopic (exact) mass is 882 g/mol. The summed E-state index contributed by atoms with van der Waals surface area (Å²) < 4.78 is 59.5. The number of nitrogens with zero attached hydrogens (tertiary/aromatic N) is 2. The number of furan rings is 2. The van der Waals surface area contributed by atoms with E-state index in [-0.39, 0.29) is 16.4 Å². The number of hydrogen-bond acceptors (Lipinski definition) is 4. The second-order valence-corrected chi connectivity index (χ2v) is 19.3. The fourth-order valence-corrected chi connectivity index (χ4v) is 13.3. The molecule has 2 aromatic heterocycles. The smallest absolute Gasteiger partial charge is 0.420 e. The highest BCUT2D eigenvalue weighted by atomic mass is 19.4. The maximum Gasteiger partial charge on any atom is 0.420 e. The molecule has 7 heteroatoms. The number of rotatable bonds is 3. The van der Waals surface area contributed by atoms with E-state index in [0.717, 1.165) is 83.1 Å². The molecule has 2 fully saturated rings. The Morgan fingerprint density at radius 1 is 0.403 bits per heavy atom. The molecule has 0 bridgehead atoms. The molecule has 0 N–H and O–H groups in total. The van der Waals surface area contributed by atoms with Crippen LogP contribution in [0.3, 0.4) is 0 Å². The van der Waals surface area contributed by atoms with Crippen molar-refractivity contribution in [2.45, 2.75) is 75.3 Å². The van der Waals surface area contributed by atoms with Gasteiger partial charge in [-0.1, -0.05) is 141 Å². The summed E-state index contributed by atoms with van der Waals surface area (Å²) in [5.74, 6) is 0. The lowest BCUT2D eigenvalue weighted by atomic mass is 9.69. The SMILES string of the molecule is Cc1ccc(N2c3ccccc3C3(CCCC3)c3ccccc32)c2c1oc1c(-c3cccc4c3oc3c(C(F)(F)F)ccc(N5c6ccccc6C6(CCCC6)c6ccccc65)c34)cccc12. The summed E-state index contributed by atoms with van der Waals surface area (Å²) in [6, 6.07) is 53.8. The number of para-hydroxylation sites is 6. The first-order valence-electron chi connectivity index (χ1n) is 23.8. The van der Waals surface area contributed by atoms with Crippen LogP contribution in [-0.4, -0.2) is 0 Å². The van der Waals surface area contributed by atoms with E-state index in [1.165, 1.54) is 52.5 Å². The average Bonchev–Trinajstić information content (AvgIpc) is 4.19. The maximum atomic E-state index is 15.3. The van der Waals surface area contributed by atoms with Crippen molar-refractivity contribution in [1.29, 1.82) is 0 Å². The fourth-order valence-electron chi connectivity index (χ4n) is 13.3. The van der Waals surface area contributed by atoms with Gasteiger partial charge in [0.1, 0.15) is 22.3 Å². The van der Waals surface area contributed by atoms with E-state index in [4.69, 9.17) is 8.83 Å². The minimum absolute atomic E-state index is 0.0326. The van der Waals surface area contributed by atoms with E-state index in [2.05, 4.69) is 120 Å². The normalized spacial score (nSPS) is 17.0. The number of halogens is 3. The number of anilines is 6. The van der Waals surface area contributed by atoms with Crippen molar-refractivity contribution in [2.24, 2.45) is 0 Å². The summed E-state index contributed by atoms with van der Waals surface area (Å²) in [6.45, 7) is 2.07. The predicted octanol–water partition coefficient (Wildman–Crippen LogP) is 17.8. The van der Waals surface area contributed by atoms with Gasteiger partial charge in [0, 0.05) is 32.7 Å². The van der Waals surface area contributed by atoms with E-state index in [1.807, 2.05) is 42.5 Å². The number of aryl methyl sites for hydroxylation is 1. The lowest BCUT2D eigenvalue weighted by molar-refractivity contribution is -0.136. The number of fused-ring (bicyclic) bond motifs is 14. The van der Waals surface area contributed by atoms with Crippen LogP contribution in [0, 0.1) is 6.92 Å². The van der Waals surface area contributed by atoms with Gasteiger partial charge in [-0.3, -0.25) is 0 Å². The van der Waals surface area contributed by atoms with Crippen molar-refractivity contribution >= 4 is 78.0 Å². The van der Waals surface area contributed by atoms with Gasteiger partial charge >= 0.3 is 6.18 Å². The maximum absolute atomic E-state index is 15.3. The lowest BCUT2D eigenvalue weighted by Gasteiger charge is -2.44. The second-order valence-electron chi connectivity index (χ2n) is 19.3. The Labute approximate surface area is 385 Å². The van der Waals surface area contributed by atoms with E-state index >= 15 is 13.2 Å². The third kappa shape index (κ3) is 5.20. The highest BCUT2D eigenvalue weighted by molar-refractivity contribution is 6.21. The van der Waals surface area contributed by atoms with Crippen molar-refractivity contribution in [3.63, 3.8) is 0 Å². The third-order valence-corrected chi connectivity index (χ3v) is 16.1. The van der Waals surface area contributed by atoms with Gasteiger partial charge in [-0.05, 0) is 103 Å². The van der Waals surface area contributed by atoms with Crippen LogP contribution in [0.1, 0.15) is 84.7 Å². The van der Waals surface area contributed by atoms with E-state index < -0.39 is 11.7 Å². The van der Waals surface area contributed by atoms with Gasteiger partial charge in [0.25, 0.3) is 0 Å². The van der Waals surface area contributed by atoms with E-state index in [0.29, 0.717) is 33.2 Å². The molecule has 4 nitrogen and oxygen atoms in total. The molecule has 328 valence electrons. The van der Waals surface area contributed by atoms with Gasteiger partial charge in [0.2, 0.25) is 0 Å². The molecule has 2 spiro atoms. The zero-order valence-electron chi connectivity index (χ0n) is 37.0. The minimum Gasteiger partial charge on any atom is -0.455 e. The first-order chi connectivity index (χ1) is 32.8. The molecule has 2 aliphatic carbocycles. The van der Waals surface area contributed by atoms with Crippen molar-refractivity contribution in [3.8, 4) is 11.1 Å². The van der Waals surface area contributed by atoms with Crippen LogP contribution in [0.2, 0.25) is 0 Å². The summed E-state index contributed by atoms with van der Waals surface area (Å²) in [5, 5.41) is 2.95. The summed E-state index contributed by atoms with van der Waals surface area (Å²) in [5.41, 5.74) is 14.2. The van der Waals surface area contributed by atoms with Crippen LogP contribution >= 0.6 is 0 Å². The molecule has 0 atom stereocenters. The van der Waals surface area contributed by atoms with Gasteiger partial charge in [-0.2, -0.15) is 13.2 Å². The highest BCUT2D eigenvalue weighted by Crippen LogP contribution is 2.61. The number of hydrogen-bond donors (Lipinski definition) is 0. The quantitative estimate of drug-likeness (QED) is 0.177. The molecule has 2 saturated carbocycles. The molecule has 14 rings (SSSR count). The topological polar surface area (TPSA) is 32.8 Å². The van der Waals surface area contributed by atoms with Crippen LogP contribution in [0.25, 0.3) is 55.0 Å². The molecule has 10 aromatic rings. The van der Waals surface area contributed by atoms with Crippen molar-refractivity contribution in [2.75, 3.05) is 9.80 Å².